The second-order valence-corrected chi connectivity index (χ2v) is 5.23. The Hall–Kier alpha value is -2.36. The molecule has 1 aromatic heterocycles. The van der Waals surface area contributed by atoms with E-state index in [0.29, 0.717) is 13.1 Å². The van der Waals surface area contributed by atoms with Gasteiger partial charge in [0.15, 0.2) is 0 Å². The molecule has 4 heteroatoms. The van der Waals surface area contributed by atoms with Crippen molar-refractivity contribution in [3.05, 3.63) is 66.0 Å². The lowest BCUT2D eigenvalue weighted by Crippen LogP contribution is -2.43. The Morgan fingerprint density at radius 1 is 1.14 bits per heavy atom. The Bertz CT molecular complexity index is 555. The molecule has 0 aliphatic rings. The fourth-order valence-corrected chi connectivity index (χ4v) is 2.05. The third kappa shape index (κ3) is 4.60. The Kier molecular flexibility index (Phi) is 5.32. The maximum absolute atomic E-state index is 12.4. The molecule has 4 nitrogen and oxygen atoms in total. The minimum Gasteiger partial charge on any atom is -0.334 e. The number of aromatic nitrogens is 1. The second kappa shape index (κ2) is 7.43. The Morgan fingerprint density at radius 3 is 2.48 bits per heavy atom. The summed E-state index contributed by atoms with van der Waals surface area (Å²) in [5.41, 5.74) is 2.12. The highest BCUT2D eigenvalue weighted by Crippen LogP contribution is 2.08. The van der Waals surface area contributed by atoms with E-state index in [1.807, 2.05) is 61.2 Å². The van der Waals surface area contributed by atoms with Crippen LogP contribution in [0, 0.1) is 0 Å². The fraction of sp³-hybridized carbons (Fsp3) is 0.294. The Balaban J connectivity index is 1.96. The predicted molar refractivity (Wildman–Crippen MR) is 83.6 cm³/mol. The average Bonchev–Trinajstić information content (AvgIpc) is 2.52. The maximum atomic E-state index is 12.4. The molecule has 21 heavy (non-hydrogen) atoms. The zero-order valence-electron chi connectivity index (χ0n) is 12.5. The molecule has 2 aromatic rings. The van der Waals surface area contributed by atoms with Crippen LogP contribution in [-0.2, 0) is 13.1 Å². The van der Waals surface area contributed by atoms with Gasteiger partial charge in [-0.25, -0.2) is 4.79 Å². The van der Waals surface area contributed by atoms with Crippen molar-refractivity contribution in [2.45, 2.75) is 33.0 Å². The zero-order chi connectivity index (χ0) is 15.1. The van der Waals surface area contributed by atoms with Crippen LogP contribution in [-0.4, -0.2) is 22.0 Å². The number of amides is 2. The van der Waals surface area contributed by atoms with Gasteiger partial charge in [-0.2, -0.15) is 0 Å². The zero-order valence-corrected chi connectivity index (χ0v) is 12.5. The molecule has 0 atom stereocenters. The van der Waals surface area contributed by atoms with Crippen molar-refractivity contribution in [3.8, 4) is 0 Å². The van der Waals surface area contributed by atoms with E-state index in [-0.39, 0.29) is 12.1 Å². The quantitative estimate of drug-likeness (QED) is 0.916. The number of hydrogen-bond donors (Lipinski definition) is 1. The van der Waals surface area contributed by atoms with Gasteiger partial charge < -0.3 is 10.2 Å². The van der Waals surface area contributed by atoms with Crippen LogP contribution in [0.25, 0.3) is 0 Å². The van der Waals surface area contributed by atoms with Crippen molar-refractivity contribution in [2.24, 2.45) is 0 Å². The van der Waals surface area contributed by atoms with Gasteiger partial charge in [0.1, 0.15) is 0 Å². The molecule has 0 bridgehead atoms. The fourth-order valence-electron chi connectivity index (χ4n) is 2.05. The SMILES string of the molecule is CC(C)N(Cc1ccccc1)C(=O)NCc1cccnc1. The van der Waals surface area contributed by atoms with Crippen molar-refractivity contribution < 1.29 is 4.79 Å². The van der Waals surface area contributed by atoms with Crippen LogP contribution in [0.1, 0.15) is 25.0 Å². The van der Waals surface area contributed by atoms with E-state index in [1.165, 1.54) is 0 Å². The highest BCUT2D eigenvalue weighted by atomic mass is 16.2. The number of nitrogens with zero attached hydrogens (tertiary/aromatic N) is 2. The van der Waals surface area contributed by atoms with E-state index in [9.17, 15) is 4.79 Å². The van der Waals surface area contributed by atoms with E-state index in [2.05, 4.69) is 10.3 Å². The van der Waals surface area contributed by atoms with Gasteiger partial charge in [-0.1, -0.05) is 36.4 Å². The van der Waals surface area contributed by atoms with Crippen LogP contribution >= 0.6 is 0 Å². The molecular weight excluding hydrogens is 262 g/mol. The van der Waals surface area contributed by atoms with Gasteiger partial charge in [0.25, 0.3) is 0 Å². The first-order chi connectivity index (χ1) is 10.2. The van der Waals surface area contributed by atoms with Crippen LogP contribution in [0.15, 0.2) is 54.9 Å². The number of urea groups is 1. The van der Waals surface area contributed by atoms with Crippen LogP contribution in [0.2, 0.25) is 0 Å². The molecule has 1 N–H and O–H groups in total. The van der Waals surface area contributed by atoms with E-state index < -0.39 is 0 Å². The van der Waals surface area contributed by atoms with Crippen molar-refractivity contribution >= 4 is 6.03 Å². The third-order valence-electron chi connectivity index (χ3n) is 3.25. The Morgan fingerprint density at radius 2 is 1.86 bits per heavy atom. The Labute approximate surface area is 125 Å². The summed E-state index contributed by atoms with van der Waals surface area (Å²) in [5.74, 6) is 0. The standard InChI is InChI=1S/C17H21N3O/c1-14(2)20(13-15-7-4-3-5-8-15)17(21)19-12-16-9-6-10-18-11-16/h3-11,14H,12-13H2,1-2H3,(H,19,21). The van der Waals surface area contributed by atoms with Gasteiger partial charge in [0.2, 0.25) is 0 Å². The number of rotatable bonds is 5. The van der Waals surface area contributed by atoms with Gasteiger partial charge in [0, 0.05) is 31.5 Å². The highest BCUT2D eigenvalue weighted by Gasteiger charge is 2.16. The molecule has 2 rings (SSSR count). The summed E-state index contributed by atoms with van der Waals surface area (Å²) in [7, 11) is 0. The molecule has 0 radical (unpaired) electrons. The molecule has 0 aliphatic carbocycles. The molecule has 1 aromatic carbocycles. The van der Waals surface area contributed by atoms with Crippen molar-refractivity contribution in [3.63, 3.8) is 0 Å². The van der Waals surface area contributed by atoms with Gasteiger partial charge in [-0.05, 0) is 31.0 Å². The van der Waals surface area contributed by atoms with E-state index in [4.69, 9.17) is 0 Å². The van der Waals surface area contributed by atoms with Gasteiger partial charge >= 0.3 is 6.03 Å². The number of benzene rings is 1. The highest BCUT2D eigenvalue weighted by molar-refractivity contribution is 5.74. The number of carbonyl (C=O) groups excluding carboxylic acids is 1. The number of nitrogens with one attached hydrogen (secondary N) is 1. The molecule has 0 saturated carbocycles. The number of pyridine rings is 1. The number of hydrogen-bond acceptors (Lipinski definition) is 2. The minimum atomic E-state index is -0.0577. The normalized spacial score (nSPS) is 10.4. The molecule has 0 unspecified atom stereocenters. The molecule has 1 heterocycles. The topological polar surface area (TPSA) is 45.2 Å². The monoisotopic (exact) mass is 283 g/mol. The minimum absolute atomic E-state index is 0.0577. The molecule has 0 aliphatic heterocycles. The average molecular weight is 283 g/mol. The smallest absolute Gasteiger partial charge is 0.318 e. The summed E-state index contributed by atoms with van der Waals surface area (Å²) in [6.45, 7) is 5.14. The third-order valence-corrected chi connectivity index (χ3v) is 3.25. The van der Waals surface area contributed by atoms with Crippen LogP contribution in [0.3, 0.4) is 0 Å². The second-order valence-electron chi connectivity index (χ2n) is 5.23. The van der Waals surface area contributed by atoms with Gasteiger partial charge in [-0.3, -0.25) is 4.98 Å². The molecule has 0 fully saturated rings. The summed E-state index contributed by atoms with van der Waals surface area (Å²) >= 11 is 0. The van der Waals surface area contributed by atoms with Crippen LogP contribution in [0.5, 0.6) is 0 Å². The lowest BCUT2D eigenvalue weighted by atomic mass is 10.2. The first-order valence-electron chi connectivity index (χ1n) is 7.14. The van der Waals surface area contributed by atoms with Gasteiger partial charge in [0.05, 0.1) is 0 Å². The summed E-state index contributed by atoms with van der Waals surface area (Å²) in [5, 5.41) is 2.95. The lowest BCUT2D eigenvalue weighted by Gasteiger charge is -2.27. The number of carbonyl (C=O) groups is 1. The van der Waals surface area contributed by atoms with Crippen molar-refractivity contribution in [1.29, 1.82) is 0 Å². The van der Waals surface area contributed by atoms with E-state index in [0.717, 1.165) is 11.1 Å². The summed E-state index contributed by atoms with van der Waals surface area (Å²) in [6, 6.07) is 13.9. The predicted octanol–water partition coefficient (Wildman–Crippen LogP) is 3.20. The molecule has 0 spiro atoms. The van der Waals surface area contributed by atoms with E-state index >= 15 is 0 Å². The summed E-state index contributed by atoms with van der Waals surface area (Å²) in [6.07, 6.45) is 3.48. The molecule has 110 valence electrons. The van der Waals surface area contributed by atoms with Crippen molar-refractivity contribution in [1.82, 2.24) is 15.2 Å². The summed E-state index contributed by atoms with van der Waals surface area (Å²) in [4.78, 5) is 18.2. The molecule has 0 saturated heterocycles. The first kappa shape index (κ1) is 15.0. The largest absolute Gasteiger partial charge is 0.334 e. The van der Waals surface area contributed by atoms with Crippen LogP contribution in [0.4, 0.5) is 4.79 Å². The van der Waals surface area contributed by atoms with Crippen molar-refractivity contribution in [2.75, 3.05) is 0 Å². The molecule has 2 amide bonds. The van der Waals surface area contributed by atoms with E-state index in [1.54, 1.807) is 12.4 Å². The maximum Gasteiger partial charge on any atom is 0.318 e. The lowest BCUT2D eigenvalue weighted by molar-refractivity contribution is 0.179. The first-order valence-corrected chi connectivity index (χ1v) is 7.14. The summed E-state index contributed by atoms with van der Waals surface area (Å²) < 4.78 is 0. The van der Waals surface area contributed by atoms with Crippen LogP contribution < -0.4 is 5.32 Å². The molecular formula is C17H21N3O. The van der Waals surface area contributed by atoms with Gasteiger partial charge in [-0.15, -0.1) is 0 Å².